The Morgan fingerprint density at radius 2 is 1.83 bits per heavy atom. The minimum Gasteiger partial charge on any atom is -0.341 e. The van der Waals surface area contributed by atoms with Crippen LogP contribution in [0.25, 0.3) is 22.0 Å². The standard InChI is InChI=1S/C24H25N3O2/c1-14-6-8-19(9-7-14)22-20(12-15(2)25-29)17(4)23-24-21(22)13-16(3)26(24)10-11-27(23)18(5)28/h6-9,13H,2,10-12H2,1,3-5H3. The van der Waals surface area contributed by atoms with Crippen molar-refractivity contribution in [3.8, 4) is 11.1 Å². The van der Waals surface area contributed by atoms with E-state index in [0.717, 1.165) is 45.4 Å². The van der Waals surface area contributed by atoms with Crippen LogP contribution in [0.15, 0.2) is 47.8 Å². The van der Waals surface area contributed by atoms with Gasteiger partial charge in [-0.3, -0.25) is 4.79 Å². The van der Waals surface area contributed by atoms with Crippen LogP contribution in [-0.4, -0.2) is 17.0 Å². The Balaban J connectivity index is 2.15. The number of hydrogen-bond acceptors (Lipinski definition) is 3. The average molecular weight is 387 g/mol. The second kappa shape index (κ2) is 6.99. The number of allylic oxidation sites excluding steroid dienone is 1. The van der Waals surface area contributed by atoms with Gasteiger partial charge in [-0.2, -0.15) is 0 Å². The van der Waals surface area contributed by atoms with Gasteiger partial charge >= 0.3 is 0 Å². The van der Waals surface area contributed by atoms with Crippen molar-refractivity contribution >= 4 is 22.5 Å². The molecule has 148 valence electrons. The highest BCUT2D eigenvalue weighted by molar-refractivity contribution is 6.10. The number of nitroso groups, excluding NO2 is 1. The normalized spacial score (nSPS) is 13.0. The molecule has 5 heteroatoms. The highest BCUT2D eigenvalue weighted by Gasteiger charge is 2.29. The van der Waals surface area contributed by atoms with Crippen LogP contribution in [0.1, 0.15) is 29.3 Å². The van der Waals surface area contributed by atoms with E-state index in [1.54, 1.807) is 6.92 Å². The molecule has 3 aromatic rings. The molecule has 0 aliphatic carbocycles. The maximum Gasteiger partial charge on any atom is 0.223 e. The predicted molar refractivity (Wildman–Crippen MR) is 118 cm³/mol. The van der Waals surface area contributed by atoms with Crippen LogP contribution in [0.2, 0.25) is 0 Å². The number of anilines is 1. The molecule has 0 fully saturated rings. The summed E-state index contributed by atoms with van der Waals surface area (Å²) in [5.41, 5.74) is 8.88. The molecule has 0 atom stereocenters. The van der Waals surface area contributed by atoms with Crippen molar-refractivity contribution in [2.75, 3.05) is 11.4 Å². The predicted octanol–water partition coefficient (Wildman–Crippen LogP) is 5.42. The zero-order valence-corrected chi connectivity index (χ0v) is 17.4. The summed E-state index contributed by atoms with van der Waals surface area (Å²) in [5.74, 6) is 0.0286. The van der Waals surface area contributed by atoms with Crippen molar-refractivity contribution in [3.05, 3.63) is 69.9 Å². The summed E-state index contributed by atoms with van der Waals surface area (Å²) in [6, 6.07) is 10.6. The van der Waals surface area contributed by atoms with E-state index in [9.17, 15) is 9.70 Å². The Kier molecular flexibility index (Phi) is 4.61. The van der Waals surface area contributed by atoms with Crippen LogP contribution in [0.3, 0.4) is 0 Å². The van der Waals surface area contributed by atoms with E-state index in [1.165, 1.54) is 11.3 Å². The molecule has 0 N–H and O–H groups in total. The third-order valence-electron chi connectivity index (χ3n) is 5.95. The minimum atomic E-state index is 0.0286. The SMILES string of the molecule is C=C(Cc1c(C)c2c3c(cc(C)n3CCN2C(C)=O)c1-c1ccc(C)cc1)N=O. The number of benzene rings is 2. The lowest BCUT2D eigenvalue weighted by atomic mass is 9.88. The summed E-state index contributed by atoms with van der Waals surface area (Å²) in [6.07, 6.45) is 0.359. The van der Waals surface area contributed by atoms with Gasteiger partial charge in [0.2, 0.25) is 5.91 Å². The van der Waals surface area contributed by atoms with E-state index in [-0.39, 0.29) is 11.6 Å². The van der Waals surface area contributed by atoms with Crippen molar-refractivity contribution in [2.45, 2.75) is 40.7 Å². The van der Waals surface area contributed by atoms with Gasteiger partial charge in [0, 0.05) is 37.5 Å². The fourth-order valence-electron chi connectivity index (χ4n) is 4.55. The molecule has 0 bridgehead atoms. The molecule has 1 aliphatic heterocycles. The molecular formula is C24H25N3O2. The largest absolute Gasteiger partial charge is 0.341 e. The molecule has 0 saturated heterocycles. The van der Waals surface area contributed by atoms with E-state index in [0.29, 0.717) is 13.0 Å². The van der Waals surface area contributed by atoms with Crippen LogP contribution in [-0.2, 0) is 17.8 Å². The average Bonchev–Trinajstić information content (AvgIpc) is 3.03. The molecule has 0 unspecified atom stereocenters. The number of amides is 1. The van der Waals surface area contributed by atoms with Crippen molar-refractivity contribution in [2.24, 2.45) is 5.18 Å². The molecule has 1 aliphatic rings. The summed E-state index contributed by atoms with van der Waals surface area (Å²) in [5, 5.41) is 4.17. The quantitative estimate of drug-likeness (QED) is 0.561. The van der Waals surface area contributed by atoms with Crippen molar-refractivity contribution in [1.29, 1.82) is 0 Å². The molecule has 29 heavy (non-hydrogen) atoms. The van der Waals surface area contributed by atoms with Gasteiger partial charge in [-0.05, 0) is 54.3 Å². The minimum absolute atomic E-state index is 0.0286. The van der Waals surface area contributed by atoms with E-state index >= 15 is 0 Å². The summed E-state index contributed by atoms with van der Waals surface area (Å²) in [4.78, 5) is 25.4. The van der Waals surface area contributed by atoms with E-state index in [4.69, 9.17) is 0 Å². The first kappa shape index (κ1) is 19.1. The van der Waals surface area contributed by atoms with E-state index in [2.05, 4.69) is 60.5 Å². The Labute approximate surface area is 170 Å². The van der Waals surface area contributed by atoms with Crippen LogP contribution < -0.4 is 4.90 Å². The second-order valence-electron chi connectivity index (χ2n) is 7.90. The van der Waals surface area contributed by atoms with Crippen LogP contribution in [0.5, 0.6) is 0 Å². The lowest BCUT2D eigenvalue weighted by molar-refractivity contribution is -0.116. The summed E-state index contributed by atoms with van der Waals surface area (Å²) in [6.45, 7) is 13.1. The molecule has 1 amide bonds. The number of hydrogen-bond donors (Lipinski definition) is 0. The van der Waals surface area contributed by atoms with Gasteiger partial charge in [0.15, 0.2) is 0 Å². The highest BCUT2D eigenvalue weighted by atomic mass is 16.3. The molecule has 0 spiro atoms. The van der Waals surface area contributed by atoms with Gasteiger partial charge in [0.05, 0.1) is 16.9 Å². The third-order valence-corrected chi connectivity index (χ3v) is 5.95. The zero-order valence-electron chi connectivity index (χ0n) is 17.4. The maximum absolute atomic E-state index is 12.4. The zero-order chi connectivity index (χ0) is 20.9. The number of carbonyl (C=O) groups is 1. The number of nitrogens with zero attached hydrogens (tertiary/aromatic N) is 3. The molecule has 0 radical (unpaired) electrons. The molecule has 2 aromatic carbocycles. The summed E-state index contributed by atoms with van der Waals surface area (Å²) < 4.78 is 2.30. The van der Waals surface area contributed by atoms with E-state index in [1.807, 2.05) is 11.8 Å². The molecule has 0 saturated carbocycles. The Morgan fingerprint density at radius 3 is 2.45 bits per heavy atom. The first-order valence-corrected chi connectivity index (χ1v) is 9.85. The Bertz CT molecular complexity index is 1170. The number of aryl methyl sites for hydroxylation is 2. The lowest BCUT2D eigenvalue weighted by Crippen LogP contribution is -2.36. The Morgan fingerprint density at radius 1 is 1.14 bits per heavy atom. The van der Waals surface area contributed by atoms with Crippen molar-refractivity contribution in [3.63, 3.8) is 0 Å². The van der Waals surface area contributed by atoms with Gasteiger partial charge in [0.1, 0.15) is 0 Å². The molecule has 4 rings (SSSR count). The summed E-state index contributed by atoms with van der Waals surface area (Å²) in [7, 11) is 0. The molecule has 1 aromatic heterocycles. The smallest absolute Gasteiger partial charge is 0.223 e. The monoisotopic (exact) mass is 387 g/mol. The van der Waals surface area contributed by atoms with Gasteiger partial charge in [-0.25, -0.2) is 0 Å². The van der Waals surface area contributed by atoms with E-state index < -0.39 is 0 Å². The first-order valence-electron chi connectivity index (χ1n) is 9.85. The van der Waals surface area contributed by atoms with Crippen molar-refractivity contribution in [1.82, 2.24) is 4.57 Å². The maximum atomic E-state index is 12.4. The number of aromatic nitrogens is 1. The summed E-state index contributed by atoms with van der Waals surface area (Å²) >= 11 is 0. The molecular weight excluding hydrogens is 362 g/mol. The topological polar surface area (TPSA) is 54.7 Å². The third kappa shape index (κ3) is 2.97. The second-order valence-corrected chi connectivity index (χ2v) is 7.90. The van der Waals surface area contributed by atoms with Gasteiger partial charge in [-0.15, -0.1) is 4.91 Å². The Hall–Kier alpha value is -3.21. The fourth-order valence-corrected chi connectivity index (χ4v) is 4.55. The van der Waals surface area contributed by atoms with Crippen molar-refractivity contribution < 1.29 is 4.79 Å². The number of rotatable bonds is 4. The molecule has 5 nitrogen and oxygen atoms in total. The molecule has 2 heterocycles. The van der Waals surface area contributed by atoms with Gasteiger partial charge in [-0.1, -0.05) is 36.4 Å². The van der Waals surface area contributed by atoms with Gasteiger partial charge in [0.25, 0.3) is 0 Å². The van der Waals surface area contributed by atoms with Crippen LogP contribution >= 0.6 is 0 Å². The highest BCUT2D eigenvalue weighted by Crippen LogP contribution is 2.45. The number of carbonyl (C=O) groups excluding carboxylic acids is 1. The van der Waals surface area contributed by atoms with Crippen LogP contribution in [0, 0.1) is 25.7 Å². The van der Waals surface area contributed by atoms with Crippen LogP contribution in [0.4, 0.5) is 5.69 Å². The van der Waals surface area contributed by atoms with Gasteiger partial charge < -0.3 is 9.47 Å². The fraction of sp³-hybridized carbons (Fsp3) is 0.292. The lowest BCUT2D eigenvalue weighted by Gasteiger charge is -2.32. The first-order chi connectivity index (χ1) is 13.8.